The van der Waals surface area contributed by atoms with Crippen molar-refractivity contribution < 1.29 is 9.66 Å². The largest absolute Gasteiger partial charge is 0.495 e. The predicted octanol–water partition coefficient (Wildman–Crippen LogP) is 3.94. The second kappa shape index (κ2) is 10.0. The van der Waals surface area contributed by atoms with Gasteiger partial charge in [-0.05, 0) is 70.0 Å². The number of non-ortho nitro benzene ring substituents is 1. The van der Waals surface area contributed by atoms with Crippen LogP contribution < -0.4 is 10.1 Å². The van der Waals surface area contributed by atoms with Crippen molar-refractivity contribution in [3.8, 4) is 11.4 Å². The van der Waals surface area contributed by atoms with Crippen LogP contribution in [0.2, 0.25) is 0 Å². The van der Waals surface area contributed by atoms with Crippen molar-refractivity contribution in [2.45, 2.75) is 25.9 Å². The number of likely N-dealkylation sites (N-methyl/N-ethyl adjacent to an activating group) is 1. The molecule has 0 aliphatic carbocycles. The third-order valence-electron chi connectivity index (χ3n) is 6.39. The van der Waals surface area contributed by atoms with E-state index in [1.54, 1.807) is 25.4 Å². The van der Waals surface area contributed by atoms with Crippen LogP contribution in [0.3, 0.4) is 0 Å². The molecule has 1 fully saturated rings. The predicted molar refractivity (Wildman–Crippen MR) is 139 cm³/mol. The number of ether oxygens (including phenoxy) is 1. The SMILES string of the molecule is COc1ccc([N+](=O)[O-])cc1-n1c(C)cc(C2C(c3ccccn3)NC(=S)N2CCN(C)C)c1C. The summed E-state index contributed by atoms with van der Waals surface area (Å²) in [5, 5.41) is 15.7. The van der Waals surface area contributed by atoms with Crippen LogP contribution in [0.25, 0.3) is 5.69 Å². The number of methoxy groups -OCH3 is 1. The van der Waals surface area contributed by atoms with Crippen LogP contribution in [-0.2, 0) is 0 Å². The number of nitro benzene ring substituents is 1. The molecule has 9 nitrogen and oxygen atoms in total. The van der Waals surface area contributed by atoms with E-state index in [1.165, 1.54) is 6.07 Å². The number of aryl methyl sites for hydroxylation is 1. The molecule has 1 saturated heterocycles. The van der Waals surface area contributed by atoms with E-state index < -0.39 is 4.92 Å². The summed E-state index contributed by atoms with van der Waals surface area (Å²) in [6.07, 6.45) is 1.79. The highest BCUT2D eigenvalue weighted by atomic mass is 32.1. The van der Waals surface area contributed by atoms with Crippen molar-refractivity contribution >= 4 is 23.0 Å². The number of nitrogens with one attached hydrogen (secondary N) is 1. The van der Waals surface area contributed by atoms with Crippen molar-refractivity contribution in [2.75, 3.05) is 34.3 Å². The maximum atomic E-state index is 11.5. The highest BCUT2D eigenvalue weighted by Gasteiger charge is 2.41. The maximum absolute atomic E-state index is 11.5. The molecule has 0 amide bonds. The van der Waals surface area contributed by atoms with Gasteiger partial charge in [0.05, 0.1) is 35.5 Å². The number of aromatic nitrogens is 2. The van der Waals surface area contributed by atoms with E-state index in [9.17, 15) is 10.1 Å². The molecule has 0 bridgehead atoms. The summed E-state index contributed by atoms with van der Waals surface area (Å²) in [7, 11) is 5.65. The van der Waals surface area contributed by atoms with E-state index in [4.69, 9.17) is 17.0 Å². The number of pyridine rings is 1. The average molecular weight is 495 g/mol. The number of nitrogens with zero attached hydrogens (tertiary/aromatic N) is 5. The lowest BCUT2D eigenvalue weighted by Crippen LogP contribution is -2.35. The number of nitro groups is 1. The van der Waals surface area contributed by atoms with Gasteiger partial charge >= 0.3 is 0 Å². The summed E-state index contributed by atoms with van der Waals surface area (Å²) in [4.78, 5) is 20.1. The maximum Gasteiger partial charge on any atom is 0.271 e. The summed E-state index contributed by atoms with van der Waals surface area (Å²) in [6.45, 7) is 5.61. The van der Waals surface area contributed by atoms with Gasteiger partial charge in [0.2, 0.25) is 0 Å². The molecule has 2 atom stereocenters. The van der Waals surface area contributed by atoms with Crippen molar-refractivity contribution in [3.63, 3.8) is 0 Å². The standard InChI is InChI=1S/C25H30N6O3S/c1-16-14-19(17(2)30(16)21-15-18(31(32)33)9-10-22(21)34-5)24-23(20-8-6-7-11-26-20)27-25(35)29(24)13-12-28(3)4/h6-11,14-15,23-24H,12-13H2,1-5H3,(H,27,35). The van der Waals surface area contributed by atoms with Crippen LogP contribution >= 0.6 is 12.2 Å². The Balaban J connectivity index is 1.86. The van der Waals surface area contributed by atoms with Crippen LogP contribution in [0, 0.1) is 24.0 Å². The molecule has 1 aliphatic heterocycles. The first-order valence-electron chi connectivity index (χ1n) is 11.4. The summed E-state index contributed by atoms with van der Waals surface area (Å²) < 4.78 is 7.59. The van der Waals surface area contributed by atoms with Crippen molar-refractivity contribution in [2.24, 2.45) is 0 Å². The Morgan fingerprint density at radius 2 is 2.00 bits per heavy atom. The summed E-state index contributed by atoms with van der Waals surface area (Å²) in [5.74, 6) is 0.565. The average Bonchev–Trinajstić information content (AvgIpc) is 3.32. The van der Waals surface area contributed by atoms with Crippen LogP contribution in [0.15, 0.2) is 48.7 Å². The third kappa shape index (κ3) is 4.71. The Morgan fingerprint density at radius 1 is 1.23 bits per heavy atom. The molecule has 4 rings (SSSR count). The lowest BCUT2D eigenvalue weighted by atomic mass is 9.96. The van der Waals surface area contributed by atoms with Gasteiger partial charge < -0.3 is 24.4 Å². The van der Waals surface area contributed by atoms with E-state index in [1.807, 2.05) is 50.7 Å². The van der Waals surface area contributed by atoms with Gasteiger partial charge in [-0.25, -0.2) is 0 Å². The second-order valence-corrected chi connectivity index (χ2v) is 9.29. The van der Waals surface area contributed by atoms with Gasteiger partial charge in [-0.1, -0.05) is 6.07 Å². The first kappa shape index (κ1) is 24.6. The molecular weight excluding hydrogens is 464 g/mol. The van der Waals surface area contributed by atoms with E-state index in [2.05, 4.69) is 26.2 Å². The summed E-state index contributed by atoms with van der Waals surface area (Å²) >= 11 is 5.78. The first-order chi connectivity index (χ1) is 16.7. The lowest BCUT2D eigenvalue weighted by Gasteiger charge is -2.29. The molecule has 35 heavy (non-hydrogen) atoms. The van der Waals surface area contributed by atoms with Gasteiger partial charge in [0, 0.05) is 42.8 Å². The molecule has 1 aliphatic rings. The summed E-state index contributed by atoms with van der Waals surface area (Å²) in [5.41, 5.74) is 4.54. The Kier molecular flexibility index (Phi) is 7.04. The Hall–Kier alpha value is -3.50. The highest BCUT2D eigenvalue weighted by molar-refractivity contribution is 7.80. The van der Waals surface area contributed by atoms with E-state index >= 15 is 0 Å². The van der Waals surface area contributed by atoms with Crippen molar-refractivity contribution in [1.29, 1.82) is 0 Å². The highest BCUT2D eigenvalue weighted by Crippen LogP contribution is 2.42. The van der Waals surface area contributed by atoms with Gasteiger partial charge in [-0.15, -0.1) is 0 Å². The third-order valence-corrected chi connectivity index (χ3v) is 6.74. The van der Waals surface area contributed by atoms with Crippen molar-refractivity contribution in [1.82, 2.24) is 24.7 Å². The van der Waals surface area contributed by atoms with E-state index in [-0.39, 0.29) is 17.8 Å². The molecule has 3 aromatic rings. The van der Waals surface area contributed by atoms with E-state index in [0.29, 0.717) is 16.5 Å². The summed E-state index contributed by atoms with van der Waals surface area (Å²) in [6, 6.07) is 12.4. The monoisotopic (exact) mass is 494 g/mol. The molecule has 1 aromatic carbocycles. The number of benzene rings is 1. The Labute approximate surface area is 210 Å². The first-order valence-corrected chi connectivity index (χ1v) is 11.8. The van der Waals surface area contributed by atoms with Crippen molar-refractivity contribution in [3.05, 3.63) is 81.4 Å². The minimum absolute atomic E-state index is 0.0116. The zero-order valence-corrected chi connectivity index (χ0v) is 21.4. The molecule has 0 radical (unpaired) electrons. The lowest BCUT2D eigenvalue weighted by molar-refractivity contribution is -0.384. The van der Waals surface area contributed by atoms with E-state index in [0.717, 1.165) is 35.7 Å². The van der Waals surface area contributed by atoms with Crippen LogP contribution in [-0.4, -0.2) is 63.7 Å². The van der Waals surface area contributed by atoms with Crippen LogP contribution in [0.5, 0.6) is 5.75 Å². The Bertz CT molecular complexity index is 1240. The molecule has 10 heteroatoms. The van der Waals surface area contributed by atoms with Crippen LogP contribution in [0.1, 0.15) is 34.7 Å². The second-order valence-electron chi connectivity index (χ2n) is 8.90. The number of rotatable bonds is 8. The van der Waals surface area contributed by atoms with Crippen LogP contribution in [0.4, 0.5) is 5.69 Å². The van der Waals surface area contributed by atoms with Gasteiger partial charge in [-0.3, -0.25) is 15.1 Å². The zero-order chi connectivity index (χ0) is 25.3. The Morgan fingerprint density at radius 3 is 2.63 bits per heavy atom. The topological polar surface area (TPSA) is 88.7 Å². The number of hydrogen-bond donors (Lipinski definition) is 1. The molecule has 0 saturated carbocycles. The normalized spacial score (nSPS) is 17.7. The van der Waals surface area contributed by atoms with Gasteiger partial charge in [0.15, 0.2) is 5.11 Å². The molecule has 0 spiro atoms. The number of hydrogen-bond acceptors (Lipinski definition) is 6. The molecule has 2 aromatic heterocycles. The smallest absolute Gasteiger partial charge is 0.271 e. The fourth-order valence-electron chi connectivity index (χ4n) is 4.72. The molecule has 184 valence electrons. The van der Waals surface area contributed by atoms with Gasteiger partial charge in [0.25, 0.3) is 5.69 Å². The fraction of sp³-hybridized carbons (Fsp3) is 0.360. The quantitative estimate of drug-likeness (QED) is 0.286. The molecule has 2 unspecified atom stereocenters. The molecule has 1 N–H and O–H groups in total. The van der Waals surface area contributed by atoms with Gasteiger partial charge in [-0.2, -0.15) is 0 Å². The fourth-order valence-corrected chi connectivity index (χ4v) is 5.05. The minimum Gasteiger partial charge on any atom is -0.495 e. The zero-order valence-electron chi connectivity index (χ0n) is 20.6. The molecule has 3 heterocycles. The number of thiocarbonyl (C=S) groups is 1. The minimum atomic E-state index is -0.391. The van der Waals surface area contributed by atoms with Gasteiger partial charge in [0.1, 0.15) is 5.75 Å². The molecular formula is C25H30N6O3S.